The van der Waals surface area contributed by atoms with Gasteiger partial charge in [0.25, 0.3) is 0 Å². The van der Waals surface area contributed by atoms with Crippen molar-refractivity contribution in [3.05, 3.63) is 110 Å². The first-order valence-electron chi connectivity index (χ1n) is 12.8. The quantitative estimate of drug-likeness (QED) is 0.120. The van der Waals surface area contributed by atoms with E-state index in [2.05, 4.69) is 125 Å². The van der Waals surface area contributed by atoms with Crippen molar-refractivity contribution in [2.24, 2.45) is 15.9 Å². The molecule has 0 aliphatic heterocycles. The average Bonchev–Trinajstić information content (AvgIpc) is 3.17. The minimum Gasteiger partial charge on any atom is -0.469 e. The fourth-order valence-corrected chi connectivity index (χ4v) is 6.21. The second-order valence-electron chi connectivity index (χ2n) is 10.1. The molecule has 41 heavy (non-hydrogen) atoms. The minimum atomic E-state index is -0.153. The van der Waals surface area contributed by atoms with E-state index in [0.717, 1.165) is 65.1 Å². The van der Waals surface area contributed by atoms with Gasteiger partial charge in [-0.1, -0.05) is 82.1 Å². The van der Waals surface area contributed by atoms with Gasteiger partial charge in [0.1, 0.15) is 0 Å². The predicted octanol–water partition coefficient (Wildman–Crippen LogP) is 10.1. The van der Waals surface area contributed by atoms with Crippen molar-refractivity contribution in [3.63, 3.8) is 0 Å². The van der Waals surface area contributed by atoms with E-state index in [0.29, 0.717) is 0 Å². The van der Waals surface area contributed by atoms with Gasteiger partial charge >= 0.3 is 5.97 Å². The number of esters is 1. The topological polar surface area (TPSA) is 51.0 Å². The largest absolute Gasteiger partial charge is 0.469 e. The molecule has 1 aliphatic rings. The number of hydrogen-bond acceptors (Lipinski definition) is 4. The summed E-state index contributed by atoms with van der Waals surface area (Å²) in [7, 11) is 1.39. The number of aliphatic imine (C=N–C) groups is 2. The molecule has 4 aromatic rings. The molecule has 0 N–H and O–H groups in total. The number of methoxy groups -OCH3 is 1. The van der Waals surface area contributed by atoms with E-state index in [-0.39, 0.29) is 35.8 Å². The Bertz CT molecular complexity index is 1500. The molecule has 0 amide bonds. The molecule has 5 rings (SSSR count). The van der Waals surface area contributed by atoms with Crippen LogP contribution in [0.1, 0.15) is 47.2 Å². The molecule has 0 saturated carbocycles. The molecule has 4 aromatic carbocycles. The molecule has 0 bridgehead atoms. The smallest absolute Gasteiger partial charge is 0.308 e. The Morgan fingerprint density at radius 3 is 1.39 bits per heavy atom. The van der Waals surface area contributed by atoms with Crippen molar-refractivity contribution in [1.29, 1.82) is 0 Å². The Hall–Kier alpha value is -2.60. The first-order chi connectivity index (χ1) is 18.5. The summed E-state index contributed by atoms with van der Waals surface area (Å²) in [6.07, 6.45) is 0. The predicted molar refractivity (Wildman–Crippen MR) is 177 cm³/mol. The fraction of sp³-hybridized carbons (Fsp3) is 0.235. The standard InChI is InChI=1S/C28H22Br2N2.C5H10O2.CH3.Ni/c1-15-11-20(29)12-16(2)25(15)31-27-22-9-5-7-19-8-6-10-23(24(19)22)28(27)32-26-17(3)13-21(30)14-18(26)4;1-4(2)5(6)7-3;;/h5-14H,1-4H3;4H,1-3H3;1H3;/q;;-1;. The number of hydrogen-bond donors (Lipinski definition) is 0. The van der Waals surface area contributed by atoms with Crippen LogP contribution >= 0.6 is 31.9 Å². The van der Waals surface area contributed by atoms with Gasteiger partial charge < -0.3 is 12.2 Å². The van der Waals surface area contributed by atoms with Crippen molar-refractivity contribution in [2.75, 3.05) is 7.11 Å². The van der Waals surface area contributed by atoms with E-state index in [1.54, 1.807) is 13.8 Å². The zero-order valence-electron chi connectivity index (χ0n) is 24.6. The minimum absolute atomic E-state index is 0. The Labute approximate surface area is 270 Å². The number of rotatable bonds is 3. The molecule has 0 atom stereocenters. The van der Waals surface area contributed by atoms with Crippen molar-refractivity contribution in [1.82, 2.24) is 0 Å². The Morgan fingerprint density at radius 1 is 0.732 bits per heavy atom. The SMILES string of the molecule is COC(=O)C(C)C.Cc1cc(Br)cc(C)c1N=C1C(=Nc2c(C)cc(Br)cc2C)c2cccc3cccc1c23.[CH3-].[Ni]. The molecular formula is C34H35Br2N2NiO2-. The van der Waals surface area contributed by atoms with E-state index in [1.807, 2.05) is 0 Å². The number of aryl methyl sites for hydroxylation is 4. The van der Waals surface area contributed by atoms with Crippen LogP contribution in [0.5, 0.6) is 0 Å². The van der Waals surface area contributed by atoms with Crippen LogP contribution in [0.4, 0.5) is 11.4 Å². The third kappa shape index (κ3) is 7.44. The average molecular weight is 722 g/mol. The number of carbonyl (C=O) groups is 1. The maximum absolute atomic E-state index is 10.3. The molecule has 0 unspecified atom stereocenters. The third-order valence-electron chi connectivity index (χ3n) is 6.67. The zero-order valence-corrected chi connectivity index (χ0v) is 28.8. The number of carbonyl (C=O) groups excluding carboxylic acids is 1. The maximum atomic E-state index is 10.3. The van der Waals surface area contributed by atoms with Gasteiger partial charge in [0, 0.05) is 41.9 Å². The molecule has 0 spiro atoms. The van der Waals surface area contributed by atoms with E-state index >= 15 is 0 Å². The summed E-state index contributed by atoms with van der Waals surface area (Å²) in [5.41, 5.74) is 10.7. The number of nitrogens with zero attached hydrogens (tertiary/aromatic N) is 2. The normalized spacial score (nSPS) is 13.5. The van der Waals surface area contributed by atoms with Gasteiger partial charge in [-0.2, -0.15) is 0 Å². The summed E-state index contributed by atoms with van der Waals surface area (Å²) in [6, 6.07) is 21.3. The molecule has 0 heterocycles. The molecule has 0 aromatic heterocycles. The van der Waals surface area contributed by atoms with E-state index in [1.165, 1.54) is 17.9 Å². The summed E-state index contributed by atoms with van der Waals surface area (Å²) in [6.45, 7) is 12.0. The molecule has 218 valence electrons. The molecule has 0 fully saturated rings. The Balaban J connectivity index is 0.000000585. The van der Waals surface area contributed by atoms with Gasteiger partial charge in [-0.05, 0) is 79.6 Å². The van der Waals surface area contributed by atoms with Crippen LogP contribution in [-0.2, 0) is 26.0 Å². The summed E-state index contributed by atoms with van der Waals surface area (Å²) >= 11 is 7.22. The maximum Gasteiger partial charge on any atom is 0.308 e. The number of benzene rings is 4. The van der Waals surface area contributed by atoms with Gasteiger partial charge in [-0.25, -0.2) is 9.98 Å². The first kappa shape index (κ1) is 34.6. The second kappa shape index (κ2) is 14.5. The number of ether oxygens (including phenoxy) is 1. The molecule has 1 aliphatic carbocycles. The Morgan fingerprint density at radius 2 is 1.10 bits per heavy atom. The molecular weight excluding hydrogens is 687 g/mol. The van der Waals surface area contributed by atoms with Crippen molar-refractivity contribution >= 4 is 71.4 Å². The molecule has 0 saturated heterocycles. The van der Waals surface area contributed by atoms with Gasteiger partial charge in [-0.3, -0.25) is 4.79 Å². The van der Waals surface area contributed by atoms with Crippen molar-refractivity contribution in [2.45, 2.75) is 41.5 Å². The van der Waals surface area contributed by atoms with Gasteiger partial charge in [0.15, 0.2) is 0 Å². The summed E-state index contributed by atoms with van der Waals surface area (Å²) in [4.78, 5) is 20.8. The zero-order chi connectivity index (χ0) is 28.4. The fourth-order valence-electron chi connectivity index (χ4n) is 4.84. The van der Waals surface area contributed by atoms with Crippen LogP contribution in [0, 0.1) is 41.0 Å². The van der Waals surface area contributed by atoms with Crippen LogP contribution in [0.2, 0.25) is 0 Å². The van der Waals surface area contributed by atoms with Gasteiger partial charge in [-0.15, -0.1) is 0 Å². The van der Waals surface area contributed by atoms with E-state index in [4.69, 9.17) is 9.98 Å². The van der Waals surface area contributed by atoms with Crippen LogP contribution in [0.25, 0.3) is 10.8 Å². The molecule has 0 radical (unpaired) electrons. The summed E-state index contributed by atoms with van der Waals surface area (Å²) < 4.78 is 6.52. The summed E-state index contributed by atoms with van der Waals surface area (Å²) in [5, 5.41) is 2.44. The first-order valence-corrected chi connectivity index (χ1v) is 14.4. The monoisotopic (exact) mass is 719 g/mol. The van der Waals surface area contributed by atoms with E-state index < -0.39 is 0 Å². The van der Waals surface area contributed by atoms with Gasteiger partial charge in [0.2, 0.25) is 0 Å². The third-order valence-corrected chi connectivity index (χ3v) is 7.59. The summed E-state index contributed by atoms with van der Waals surface area (Å²) in [5.74, 6) is -0.148. The van der Waals surface area contributed by atoms with Crippen molar-refractivity contribution in [3.8, 4) is 0 Å². The van der Waals surface area contributed by atoms with Crippen LogP contribution in [-0.4, -0.2) is 24.5 Å². The molecule has 7 heteroatoms. The molecule has 4 nitrogen and oxygen atoms in total. The van der Waals surface area contributed by atoms with Crippen molar-refractivity contribution < 1.29 is 26.0 Å². The van der Waals surface area contributed by atoms with E-state index in [9.17, 15) is 4.79 Å². The van der Waals surface area contributed by atoms with Gasteiger partial charge in [0.05, 0.1) is 35.8 Å². The van der Waals surface area contributed by atoms with Crippen LogP contribution in [0.3, 0.4) is 0 Å². The second-order valence-corrected chi connectivity index (χ2v) is 11.9. The van der Waals surface area contributed by atoms with Crippen LogP contribution < -0.4 is 0 Å². The van der Waals surface area contributed by atoms with Crippen LogP contribution in [0.15, 0.2) is 79.6 Å². The Kier molecular flexibility index (Phi) is 12.3. The number of halogens is 2.